The van der Waals surface area contributed by atoms with Gasteiger partial charge in [-0.2, -0.15) is 0 Å². The molecule has 5 unspecified atom stereocenters. The highest BCUT2D eigenvalue weighted by molar-refractivity contribution is 5.82. The number of hydrogen-bond acceptors (Lipinski definition) is 13. The highest BCUT2D eigenvalue weighted by Crippen LogP contribution is 2.16. The molecule has 0 aromatic rings. The lowest BCUT2D eigenvalue weighted by atomic mass is 10.1. The average molecular weight is 1340 g/mol. The first-order valence-electron chi connectivity index (χ1n) is 39.1. The third-order valence-electron chi connectivity index (χ3n) is 19.1. The molecule has 0 aliphatic rings. The van der Waals surface area contributed by atoms with Crippen LogP contribution in [-0.2, 0) is 24.0 Å². The van der Waals surface area contributed by atoms with Gasteiger partial charge in [-0.05, 0) is 71.1 Å². The summed E-state index contributed by atoms with van der Waals surface area (Å²) in [5.41, 5.74) is 0. The third-order valence-corrected chi connectivity index (χ3v) is 19.1. The van der Waals surface area contributed by atoms with Gasteiger partial charge in [0.2, 0.25) is 0 Å². The maximum absolute atomic E-state index is 13.9. The summed E-state index contributed by atoms with van der Waals surface area (Å²) in [6.45, 7) is 14.4. The summed E-state index contributed by atoms with van der Waals surface area (Å²) in [6, 6.07) is 0. The molecule has 0 aliphatic heterocycles. The van der Waals surface area contributed by atoms with Crippen molar-refractivity contribution in [2.75, 3.05) is 127 Å². The zero-order chi connectivity index (χ0) is 70.0. The molecule has 18 heteroatoms. The van der Waals surface area contributed by atoms with Crippen molar-refractivity contribution in [1.29, 1.82) is 0 Å². The van der Waals surface area contributed by atoms with Gasteiger partial charge < -0.3 is 54.9 Å². The molecule has 0 aromatic heterocycles. The van der Waals surface area contributed by atoms with Crippen LogP contribution in [0.2, 0.25) is 0 Å². The van der Waals surface area contributed by atoms with Crippen LogP contribution in [0.5, 0.6) is 0 Å². The number of nitrogens with zero attached hydrogens (tertiary/aromatic N) is 8. The van der Waals surface area contributed by atoms with Crippen molar-refractivity contribution >= 4 is 29.5 Å². The lowest BCUT2D eigenvalue weighted by Gasteiger charge is -2.32. The van der Waals surface area contributed by atoms with E-state index in [2.05, 4.69) is 34.6 Å². The zero-order valence-corrected chi connectivity index (χ0v) is 62.8. The van der Waals surface area contributed by atoms with Crippen molar-refractivity contribution in [1.82, 2.24) is 39.2 Å². The molecule has 556 valence electrons. The molecular weight excluding hydrogens is 1180 g/mol. The predicted molar refractivity (Wildman–Crippen MR) is 390 cm³/mol. The Labute approximate surface area is 577 Å². The van der Waals surface area contributed by atoms with E-state index in [1.807, 2.05) is 4.90 Å². The van der Waals surface area contributed by atoms with Crippen LogP contribution in [-0.4, -0.2) is 252 Å². The van der Waals surface area contributed by atoms with Crippen LogP contribution in [0.1, 0.15) is 304 Å². The summed E-state index contributed by atoms with van der Waals surface area (Å²) < 4.78 is 0. The Morgan fingerprint density at radius 2 is 0.340 bits per heavy atom. The van der Waals surface area contributed by atoms with E-state index >= 15 is 0 Å². The molecule has 0 fully saturated rings. The monoisotopic (exact) mass is 1340 g/mol. The Hall–Kier alpha value is -2.97. The van der Waals surface area contributed by atoms with Crippen LogP contribution in [0, 0.1) is 0 Å². The van der Waals surface area contributed by atoms with Gasteiger partial charge in [-0.1, -0.05) is 259 Å². The molecular formula is C76H152N8O10. The number of carbonyl (C=O) groups excluding carboxylic acids is 5. The smallest absolute Gasteiger partial charge is 0.252 e. The molecule has 0 rings (SSSR count). The first-order chi connectivity index (χ1) is 45.3. The Bertz CT molecular complexity index is 1610. The van der Waals surface area contributed by atoms with Gasteiger partial charge in [0.25, 0.3) is 29.5 Å². The average Bonchev–Trinajstić information content (AvgIpc) is 1.35. The minimum atomic E-state index is -1.41. The lowest BCUT2D eigenvalue weighted by molar-refractivity contribution is -0.143. The summed E-state index contributed by atoms with van der Waals surface area (Å²) in [7, 11) is 8.56. The van der Waals surface area contributed by atoms with Gasteiger partial charge in [-0.15, -0.1) is 0 Å². The number of aliphatic hydroxyl groups is 5. The normalized spacial score (nSPS) is 13.4. The fourth-order valence-corrected chi connectivity index (χ4v) is 12.7. The van der Waals surface area contributed by atoms with Gasteiger partial charge in [-0.3, -0.25) is 33.8 Å². The minimum absolute atomic E-state index is 0.00875. The van der Waals surface area contributed by atoms with Crippen LogP contribution in [0.15, 0.2) is 0 Å². The number of carbonyl (C=O) groups is 5. The van der Waals surface area contributed by atoms with Gasteiger partial charge in [0, 0.05) is 101 Å². The third kappa shape index (κ3) is 48.7. The Morgan fingerprint density at radius 3 is 0.511 bits per heavy atom. The van der Waals surface area contributed by atoms with E-state index in [1.54, 1.807) is 69.5 Å². The summed E-state index contributed by atoms with van der Waals surface area (Å²) in [4.78, 5) is 82.4. The summed E-state index contributed by atoms with van der Waals surface area (Å²) in [6.07, 6.45) is 38.8. The number of unbranched alkanes of at least 4 members (excludes halogenated alkanes) is 35. The van der Waals surface area contributed by atoms with Crippen LogP contribution >= 0.6 is 0 Å². The van der Waals surface area contributed by atoms with Crippen molar-refractivity contribution in [2.24, 2.45) is 0 Å². The summed E-state index contributed by atoms with van der Waals surface area (Å²) in [5, 5.41) is 58.0. The molecule has 0 heterocycles. The standard InChI is InChI=1S/C76H152N8O10/c1-11-16-21-26-31-36-41-46-53-77(6)72(90)67(85)62-82(58-51-60-83(63-68(86)73(91)78(7)54-47-42-37-32-27-22-17-12-2)64-69(87)74(92)79(8)55-48-43-38-33-28-23-18-13-3)59-52-61-84(65-70(88)75(93)80(9)56-49-44-39-34-29-24-19-14-4)66-71(89)76(94)81(10)57-50-45-40-35-30-25-20-15-5/h67-71,85-89H,11-66H2,1-10H3. The van der Waals surface area contributed by atoms with Crippen molar-refractivity contribution in [3.05, 3.63) is 0 Å². The van der Waals surface area contributed by atoms with Crippen molar-refractivity contribution in [3.8, 4) is 0 Å². The summed E-state index contributed by atoms with van der Waals surface area (Å²) >= 11 is 0. The van der Waals surface area contributed by atoms with Crippen LogP contribution < -0.4 is 0 Å². The molecule has 0 bridgehead atoms. The first-order valence-corrected chi connectivity index (χ1v) is 39.1. The first kappa shape index (κ1) is 91.0. The van der Waals surface area contributed by atoms with Crippen LogP contribution in [0.3, 0.4) is 0 Å². The topological polar surface area (TPSA) is 212 Å². The van der Waals surface area contributed by atoms with Gasteiger partial charge in [0.15, 0.2) is 0 Å². The molecule has 0 spiro atoms. The fourth-order valence-electron chi connectivity index (χ4n) is 12.7. The van der Waals surface area contributed by atoms with Crippen LogP contribution in [0.4, 0.5) is 0 Å². The second-order valence-corrected chi connectivity index (χ2v) is 28.3. The lowest BCUT2D eigenvalue weighted by Crippen LogP contribution is -2.50. The number of rotatable bonds is 68. The van der Waals surface area contributed by atoms with Crippen molar-refractivity contribution in [3.63, 3.8) is 0 Å². The second kappa shape index (κ2) is 62.3. The molecule has 94 heavy (non-hydrogen) atoms. The maximum atomic E-state index is 13.9. The number of hydrogen-bond donors (Lipinski definition) is 5. The largest absolute Gasteiger partial charge is 0.382 e. The van der Waals surface area contributed by atoms with E-state index in [4.69, 9.17) is 0 Å². The predicted octanol–water partition coefficient (Wildman–Crippen LogP) is 12.5. The Balaban J connectivity index is 6.75. The molecule has 0 aliphatic carbocycles. The molecule has 5 atom stereocenters. The SMILES string of the molecule is CCCCCCCCCCN(C)C(=O)C(O)CN(CCCN(CC(O)C(=O)N(C)CCCCCCCCCC)CC(O)C(=O)N(C)CCCCCCCCCC)CCCN(CC(O)C(=O)N(C)CCCCCCCCCC)CC(O)C(=O)N(C)CCCCCCCCCC. The van der Waals surface area contributed by atoms with E-state index in [0.717, 1.165) is 96.3 Å². The Kier molecular flexibility index (Phi) is 60.3. The van der Waals surface area contributed by atoms with E-state index in [1.165, 1.54) is 161 Å². The Morgan fingerprint density at radius 1 is 0.202 bits per heavy atom. The second-order valence-electron chi connectivity index (χ2n) is 28.3. The fraction of sp³-hybridized carbons (Fsp3) is 0.934. The van der Waals surface area contributed by atoms with Crippen LogP contribution in [0.25, 0.3) is 0 Å². The zero-order valence-electron chi connectivity index (χ0n) is 62.8. The van der Waals surface area contributed by atoms with E-state index in [-0.39, 0.29) is 51.7 Å². The van der Waals surface area contributed by atoms with E-state index in [9.17, 15) is 49.5 Å². The van der Waals surface area contributed by atoms with Gasteiger partial charge >= 0.3 is 0 Å². The number of aliphatic hydroxyl groups excluding tert-OH is 5. The number of likely N-dealkylation sites (N-methyl/N-ethyl adjacent to an activating group) is 5. The minimum Gasteiger partial charge on any atom is -0.382 e. The number of amides is 5. The molecule has 18 nitrogen and oxygen atoms in total. The maximum Gasteiger partial charge on any atom is 0.252 e. The molecule has 0 radical (unpaired) electrons. The van der Waals surface area contributed by atoms with E-state index < -0.39 is 54.1 Å². The molecule has 0 saturated carbocycles. The summed E-state index contributed by atoms with van der Waals surface area (Å²) in [5.74, 6) is -2.08. The van der Waals surface area contributed by atoms with Crippen molar-refractivity contribution < 1.29 is 49.5 Å². The van der Waals surface area contributed by atoms with Gasteiger partial charge in [-0.25, -0.2) is 0 Å². The highest BCUT2D eigenvalue weighted by Gasteiger charge is 2.30. The van der Waals surface area contributed by atoms with E-state index in [0.29, 0.717) is 58.7 Å². The molecule has 0 saturated heterocycles. The van der Waals surface area contributed by atoms with Gasteiger partial charge in [0.1, 0.15) is 30.5 Å². The molecule has 0 aromatic carbocycles. The molecule has 5 amide bonds. The quantitative estimate of drug-likeness (QED) is 0.0359. The van der Waals surface area contributed by atoms with Crippen molar-refractivity contribution in [2.45, 2.75) is 335 Å². The highest BCUT2D eigenvalue weighted by atomic mass is 16.3. The molecule has 5 N–H and O–H groups in total. The van der Waals surface area contributed by atoms with Gasteiger partial charge in [0.05, 0.1) is 0 Å².